The zero-order valence-electron chi connectivity index (χ0n) is 14.0. The van der Waals surface area contributed by atoms with Crippen molar-refractivity contribution in [2.75, 3.05) is 13.1 Å². The minimum Gasteiger partial charge on any atom is -0.316 e. The van der Waals surface area contributed by atoms with Crippen LogP contribution in [0.5, 0.6) is 0 Å². The van der Waals surface area contributed by atoms with Gasteiger partial charge in [0.1, 0.15) is 5.15 Å². The topological polar surface area (TPSA) is 29.9 Å². The van der Waals surface area contributed by atoms with Crippen LogP contribution in [-0.4, -0.2) is 22.9 Å². The van der Waals surface area contributed by atoms with E-state index < -0.39 is 0 Å². The van der Waals surface area contributed by atoms with Gasteiger partial charge in [0.15, 0.2) is 0 Å². The highest BCUT2D eigenvalue weighted by Gasteiger charge is 2.27. The first kappa shape index (κ1) is 17.5. The highest BCUT2D eigenvalue weighted by Crippen LogP contribution is 2.31. The second-order valence-electron chi connectivity index (χ2n) is 7.30. The minimum atomic E-state index is 0.246. The molecule has 4 heteroatoms. The molecular weight excluding hydrogens is 270 g/mol. The van der Waals surface area contributed by atoms with Crippen molar-refractivity contribution >= 4 is 11.6 Å². The van der Waals surface area contributed by atoms with Crippen molar-refractivity contribution in [2.45, 2.75) is 48.0 Å². The number of nitrogens with zero attached hydrogens (tertiary/aromatic N) is 2. The molecule has 1 atom stereocenters. The summed E-state index contributed by atoms with van der Waals surface area (Å²) < 4.78 is 1.77. The predicted octanol–water partition coefficient (Wildman–Crippen LogP) is 3.83. The molecule has 1 aromatic heterocycles. The lowest BCUT2D eigenvalue weighted by molar-refractivity contribution is 0.228. The molecule has 20 heavy (non-hydrogen) atoms. The number of aryl methyl sites for hydroxylation is 2. The van der Waals surface area contributed by atoms with Crippen LogP contribution in [0.2, 0.25) is 5.15 Å². The van der Waals surface area contributed by atoms with Crippen molar-refractivity contribution in [3.8, 4) is 0 Å². The molecule has 1 N–H and O–H groups in total. The van der Waals surface area contributed by atoms with Gasteiger partial charge in [-0.05, 0) is 43.7 Å². The van der Waals surface area contributed by atoms with Gasteiger partial charge in [-0.25, -0.2) is 0 Å². The Labute approximate surface area is 129 Å². The summed E-state index contributed by atoms with van der Waals surface area (Å²) in [4.78, 5) is 0. The van der Waals surface area contributed by atoms with Crippen LogP contribution in [0, 0.1) is 24.2 Å². The highest BCUT2D eigenvalue weighted by molar-refractivity contribution is 6.30. The van der Waals surface area contributed by atoms with E-state index in [4.69, 9.17) is 11.6 Å². The Morgan fingerprint density at radius 3 is 2.25 bits per heavy atom. The summed E-state index contributed by atoms with van der Waals surface area (Å²) in [6.07, 6.45) is 0.979. The second-order valence-corrected chi connectivity index (χ2v) is 7.66. The SMILES string of the molecule is Cc1nn(C)c(Cl)c1CC(CNCC(C)C)C(C)(C)C. The van der Waals surface area contributed by atoms with Gasteiger partial charge in [-0.2, -0.15) is 5.10 Å². The van der Waals surface area contributed by atoms with Gasteiger partial charge in [-0.1, -0.05) is 46.2 Å². The monoisotopic (exact) mass is 299 g/mol. The number of halogens is 1. The van der Waals surface area contributed by atoms with Crippen LogP contribution < -0.4 is 5.32 Å². The fourth-order valence-corrected chi connectivity index (χ4v) is 2.63. The molecule has 3 nitrogen and oxygen atoms in total. The zero-order valence-corrected chi connectivity index (χ0v) is 14.8. The quantitative estimate of drug-likeness (QED) is 0.865. The summed E-state index contributed by atoms with van der Waals surface area (Å²) in [5.74, 6) is 1.22. The first-order chi connectivity index (χ1) is 9.12. The maximum Gasteiger partial charge on any atom is 0.130 e. The van der Waals surface area contributed by atoms with Gasteiger partial charge < -0.3 is 5.32 Å². The van der Waals surface area contributed by atoms with Crippen molar-refractivity contribution < 1.29 is 0 Å². The molecule has 0 aliphatic heterocycles. The highest BCUT2D eigenvalue weighted by atomic mass is 35.5. The van der Waals surface area contributed by atoms with Crippen LogP contribution in [0.1, 0.15) is 45.9 Å². The van der Waals surface area contributed by atoms with Gasteiger partial charge in [-0.3, -0.25) is 4.68 Å². The Morgan fingerprint density at radius 2 is 1.85 bits per heavy atom. The summed E-state index contributed by atoms with van der Waals surface area (Å²) >= 11 is 6.37. The molecule has 1 rings (SSSR count). The standard InChI is InChI=1S/C16H30ClN3/c1-11(2)9-18-10-13(16(4,5)6)8-14-12(3)19-20(7)15(14)17/h11,13,18H,8-10H2,1-7H3. The van der Waals surface area contributed by atoms with Crippen LogP contribution in [0.25, 0.3) is 0 Å². The van der Waals surface area contributed by atoms with Gasteiger partial charge in [-0.15, -0.1) is 0 Å². The van der Waals surface area contributed by atoms with Crippen molar-refractivity contribution in [2.24, 2.45) is 24.3 Å². The van der Waals surface area contributed by atoms with Crippen molar-refractivity contribution in [3.63, 3.8) is 0 Å². The van der Waals surface area contributed by atoms with Crippen LogP contribution >= 0.6 is 11.6 Å². The molecule has 0 bridgehead atoms. The minimum absolute atomic E-state index is 0.246. The van der Waals surface area contributed by atoms with E-state index in [1.807, 2.05) is 14.0 Å². The smallest absolute Gasteiger partial charge is 0.130 e. The first-order valence-corrected chi connectivity index (χ1v) is 7.89. The van der Waals surface area contributed by atoms with E-state index in [2.05, 4.69) is 45.0 Å². The maximum atomic E-state index is 6.37. The molecular formula is C16H30ClN3. The molecule has 1 aromatic rings. The van der Waals surface area contributed by atoms with Crippen LogP contribution in [-0.2, 0) is 13.5 Å². The molecule has 1 heterocycles. The van der Waals surface area contributed by atoms with Gasteiger partial charge >= 0.3 is 0 Å². The number of aromatic nitrogens is 2. The lowest BCUT2D eigenvalue weighted by atomic mass is 9.77. The number of rotatable bonds is 6. The van der Waals surface area contributed by atoms with Crippen LogP contribution in [0.4, 0.5) is 0 Å². The summed E-state index contributed by atoms with van der Waals surface area (Å²) in [7, 11) is 1.90. The van der Waals surface area contributed by atoms with E-state index in [0.717, 1.165) is 30.4 Å². The van der Waals surface area contributed by atoms with Gasteiger partial charge in [0.05, 0.1) is 5.69 Å². The normalized spacial score (nSPS) is 14.1. The molecule has 0 spiro atoms. The predicted molar refractivity (Wildman–Crippen MR) is 87.3 cm³/mol. The van der Waals surface area contributed by atoms with Crippen molar-refractivity contribution in [3.05, 3.63) is 16.4 Å². The summed E-state index contributed by atoms with van der Waals surface area (Å²) in [6.45, 7) is 15.5. The third-order valence-corrected chi connectivity index (χ3v) is 4.36. The number of hydrogen-bond donors (Lipinski definition) is 1. The Balaban J connectivity index is 2.79. The summed E-state index contributed by atoms with van der Waals surface area (Å²) in [6, 6.07) is 0. The zero-order chi connectivity index (χ0) is 15.5. The Hall–Kier alpha value is -0.540. The molecule has 0 aromatic carbocycles. The van der Waals surface area contributed by atoms with Crippen molar-refractivity contribution in [1.82, 2.24) is 15.1 Å². The Kier molecular flexibility index (Phi) is 6.08. The summed E-state index contributed by atoms with van der Waals surface area (Å²) in [5, 5.41) is 8.78. The van der Waals surface area contributed by atoms with E-state index in [9.17, 15) is 0 Å². The molecule has 0 radical (unpaired) electrons. The fraction of sp³-hybridized carbons (Fsp3) is 0.812. The Morgan fingerprint density at radius 1 is 1.25 bits per heavy atom. The van der Waals surface area contributed by atoms with Gasteiger partial charge in [0.2, 0.25) is 0 Å². The average molecular weight is 300 g/mol. The molecule has 0 saturated heterocycles. The van der Waals surface area contributed by atoms with Gasteiger partial charge in [0, 0.05) is 12.6 Å². The third-order valence-electron chi connectivity index (χ3n) is 3.89. The van der Waals surface area contributed by atoms with E-state index in [-0.39, 0.29) is 5.41 Å². The van der Waals surface area contributed by atoms with Crippen LogP contribution in [0.15, 0.2) is 0 Å². The lowest BCUT2D eigenvalue weighted by Gasteiger charge is -2.31. The number of nitrogens with one attached hydrogen (secondary N) is 1. The van der Waals surface area contributed by atoms with Gasteiger partial charge in [0.25, 0.3) is 0 Å². The largest absolute Gasteiger partial charge is 0.316 e. The lowest BCUT2D eigenvalue weighted by Crippen LogP contribution is -2.35. The molecule has 0 aliphatic carbocycles. The van der Waals surface area contributed by atoms with Crippen LogP contribution in [0.3, 0.4) is 0 Å². The summed E-state index contributed by atoms with van der Waals surface area (Å²) in [5.41, 5.74) is 2.49. The third kappa shape index (κ3) is 4.78. The fourth-order valence-electron chi connectivity index (χ4n) is 2.38. The molecule has 0 aliphatic rings. The second kappa shape index (κ2) is 6.95. The maximum absolute atomic E-state index is 6.37. The number of hydrogen-bond acceptors (Lipinski definition) is 2. The molecule has 1 unspecified atom stereocenters. The van der Waals surface area contributed by atoms with E-state index in [1.165, 1.54) is 5.56 Å². The molecule has 0 amide bonds. The van der Waals surface area contributed by atoms with E-state index >= 15 is 0 Å². The van der Waals surface area contributed by atoms with E-state index in [1.54, 1.807) is 4.68 Å². The average Bonchev–Trinajstić information content (AvgIpc) is 2.52. The molecule has 0 fully saturated rings. The Bertz CT molecular complexity index is 430. The molecule has 0 saturated carbocycles. The molecule has 116 valence electrons. The first-order valence-electron chi connectivity index (χ1n) is 7.51. The van der Waals surface area contributed by atoms with Crippen molar-refractivity contribution in [1.29, 1.82) is 0 Å². The van der Waals surface area contributed by atoms with E-state index in [0.29, 0.717) is 11.8 Å².